The van der Waals surface area contributed by atoms with Gasteiger partial charge in [-0.25, -0.2) is 0 Å². The summed E-state index contributed by atoms with van der Waals surface area (Å²) in [5, 5.41) is 13.5. The Balaban J connectivity index is 2.63. The van der Waals surface area contributed by atoms with Crippen molar-refractivity contribution in [1.82, 2.24) is 4.98 Å². The fourth-order valence-electron chi connectivity index (χ4n) is 2.73. The average Bonchev–Trinajstić information content (AvgIpc) is 2.53. The van der Waals surface area contributed by atoms with Crippen molar-refractivity contribution in [3.63, 3.8) is 0 Å². The van der Waals surface area contributed by atoms with E-state index >= 15 is 0 Å². The predicted octanol–water partition coefficient (Wildman–Crippen LogP) is 3.62. The van der Waals surface area contributed by atoms with E-state index in [1.54, 1.807) is 31.5 Å². The second kappa shape index (κ2) is 5.14. The van der Waals surface area contributed by atoms with Crippen LogP contribution in [-0.2, 0) is 0 Å². The molecule has 6 nitrogen and oxygen atoms in total. The maximum Gasteiger partial charge on any atom is 0.321 e. The molecule has 3 rings (SSSR count). The Kier molecular flexibility index (Phi) is 3.29. The van der Waals surface area contributed by atoms with E-state index in [1.165, 1.54) is 7.11 Å². The summed E-state index contributed by atoms with van der Waals surface area (Å²) in [6.07, 6.45) is 1.65. The van der Waals surface area contributed by atoms with Crippen molar-refractivity contribution in [2.24, 2.45) is 0 Å². The molecule has 0 radical (unpaired) electrons. The van der Waals surface area contributed by atoms with Crippen molar-refractivity contribution < 1.29 is 14.4 Å². The molecular formula is C16H14N2O4. The number of aryl methyl sites for hydroxylation is 1. The van der Waals surface area contributed by atoms with Crippen LogP contribution >= 0.6 is 0 Å². The zero-order valence-electron chi connectivity index (χ0n) is 12.4. The fourth-order valence-corrected chi connectivity index (χ4v) is 2.73. The number of nitro groups is 1. The third-order valence-corrected chi connectivity index (χ3v) is 3.72. The number of hydrogen-bond acceptors (Lipinski definition) is 5. The van der Waals surface area contributed by atoms with Gasteiger partial charge >= 0.3 is 5.69 Å². The Morgan fingerprint density at radius 3 is 2.55 bits per heavy atom. The molecule has 0 aliphatic heterocycles. The largest absolute Gasteiger partial charge is 0.497 e. The molecule has 0 spiro atoms. The van der Waals surface area contributed by atoms with Gasteiger partial charge in [0, 0.05) is 17.0 Å². The maximum absolute atomic E-state index is 11.6. The van der Waals surface area contributed by atoms with Gasteiger partial charge in [0.2, 0.25) is 5.75 Å². The highest BCUT2D eigenvalue weighted by atomic mass is 16.6. The van der Waals surface area contributed by atoms with E-state index in [2.05, 4.69) is 4.98 Å². The van der Waals surface area contributed by atoms with Crippen molar-refractivity contribution in [3.05, 3.63) is 46.1 Å². The molecule has 1 aromatic heterocycles. The van der Waals surface area contributed by atoms with Crippen LogP contribution in [0.1, 0.15) is 5.56 Å². The molecule has 6 heteroatoms. The lowest BCUT2D eigenvalue weighted by molar-refractivity contribution is -0.383. The molecule has 0 unspecified atom stereocenters. The zero-order valence-corrected chi connectivity index (χ0v) is 12.4. The van der Waals surface area contributed by atoms with E-state index in [1.807, 2.05) is 13.0 Å². The van der Waals surface area contributed by atoms with Crippen molar-refractivity contribution in [1.29, 1.82) is 0 Å². The second-order valence-electron chi connectivity index (χ2n) is 4.90. The van der Waals surface area contributed by atoms with Crippen molar-refractivity contribution in [2.45, 2.75) is 6.92 Å². The van der Waals surface area contributed by atoms with Crippen molar-refractivity contribution in [2.75, 3.05) is 14.2 Å². The molecule has 2 aromatic carbocycles. The number of ether oxygens (including phenoxy) is 2. The lowest BCUT2D eigenvalue weighted by Gasteiger charge is -2.12. The molecule has 0 N–H and O–H groups in total. The Morgan fingerprint density at radius 1 is 1.14 bits per heavy atom. The number of fused-ring (bicyclic) bond motifs is 3. The number of aromatic nitrogens is 1. The molecule has 3 aromatic rings. The summed E-state index contributed by atoms with van der Waals surface area (Å²) >= 11 is 0. The summed E-state index contributed by atoms with van der Waals surface area (Å²) in [6.45, 7) is 1.83. The molecule has 112 valence electrons. The van der Waals surface area contributed by atoms with Gasteiger partial charge in [0.05, 0.1) is 30.0 Å². The van der Waals surface area contributed by atoms with Crippen molar-refractivity contribution in [3.8, 4) is 11.5 Å². The molecular weight excluding hydrogens is 284 g/mol. The van der Waals surface area contributed by atoms with Gasteiger partial charge in [-0.05, 0) is 36.8 Å². The molecule has 0 aliphatic carbocycles. The van der Waals surface area contributed by atoms with Crippen molar-refractivity contribution >= 4 is 27.4 Å². The average molecular weight is 298 g/mol. The highest BCUT2D eigenvalue weighted by molar-refractivity contribution is 6.14. The predicted molar refractivity (Wildman–Crippen MR) is 83.7 cm³/mol. The smallest absolute Gasteiger partial charge is 0.321 e. The van der Waals surface area contributed by atoms with E-state index in [0.717, 1.165) is 10.9 Å². The van der Waals surface area contributed by atoms with Gasteiger partial charge in [-0.1, -0.05) is 0 Å². The maximum atomic E-state index is 11.6. The molecule has 0 saturated heterocycles. The zero-order chi connectivity index (χ0) is 15.9. The summed E-state index contributed by atoms with van der Waals surface area (Å²) in [7, 11) is 2.98. The van der Waals surface area contributed by atoms with Crippen LogP contribution in [0.5, 0.6) is 11.5 Å². The molecule has 0 aliphatic rings. The van der Waals surface area contributed by atoms with E-state index in [0.29, 0.717) is 22.0 Å². The summed E-state index contributed by atoms with van der Waals surface area (Å²) in [5.41, 5.74) is 1.31. The Morgan fingerprint density at radius 2 is 1.91 bits per heavy atom. The lowest BCUT2D eigenvalue weighted by atomic mass is 10.00. The van der Waals surface area contributed by atoms with E-state index in [9.17, 15) is 10.1 Å². The quantitative estimate of drug-likeness (QED) is 0.419. The summed E-state index contributed by atoms with van der Waals surface area (Å²) in [4.78, 5) is 15.5. The van der Waals surface area contributed by atoms with Crippen LogP contribution in [0.4, 0.5) is 5.69 Å². The minimum absolute atomic E-state index is 0.0659. The number of hydrogen-bond donors (Lipinski definition) is 0. The molecule has 0 amide bonds. The third-order valence-electron chi connectivity index (χ3n) is 3.72. The lowest BCUT2D eigenvalue weighted by Crippen LogP contribution is -1.99. The Bertz CT molecular complexity index is 906. The molecule has 0 saturated carbocycles. The number of nitrogens with zero attached hydrogens (tertiary/aromatic N) is 2. The topological polar surface area (TPSA) is 74.5 Å². The van der Waals surface area contributed by atoms with Crippen LogP contribution in [0.3, 0.4) is 0 Å². The second-order valence-corrected chi connectivity index (χ2v) is 4.90. The highest BCUT2D eigenvalue weighted by Gasteiger charge is 2.26. The van der Waals surface area contributed by atoms with Crippen LogP contribution in [0.15, 0.2) is 30.5 Å². The first-order valence-corrected chi connectivity index (χ1v) is 6.66. The van der Waals surface area contributed by atoms with E-state index < -0.39 is 4.92 Å². The summed E-state index contributed by atoms with van der Waals surface area (Å²) < 4.78 is 10.6. The molecule has 0 bridgehead atoms. The van der Waals surface area contributed by atoms with Gasteiger partial charge in [-0.2, -0.15) is 0 Å². The first-order valence-electron chi connectivity index (χ1n) is 6.66. The van der Waals surface area contributed by atoms with Gasteiger partial charge in [0.1, 0.15) is 5.75 Å². The SMILES string of the molecule is COc1ccc2c(c1)c(OC)c([N+](=O)[O-])c1c(C)ccnc12. The normalized spacial score (nSPS) is 10.9. The fraction of sp³-hybridized carbons (Fsp3) is 0.188. The Labute approximate surface area is 126 Å². The summed E-state index contributed by atoms with van der Waals surface area (Å²) in [5.74, 6) is 0.828. The van der Waals surface area contributed by atoms with E-state index in [4.69, 9.17) is 9.47 Å². The third kappa shape index (κ3) is 1.92. The standard InChI is InChI=1S/C16H14N2O4/c1-9-6-7-17-14-11-5-4-10(21-2)8-12(11)16(22-3)15(13(9)14)18(19)20/h4-8H,1-3H3. The minimum atomic E-state index is -0.422. The van der Waals surface area contributed by atoms with Crippen LogP contribution in [-0.4, -0.2) is 24.1 Å². The van der Waals surface area contributed by atoms with Crippen LogP contribution < -0.4 is 9.47 Å². The van der Waals surface area contributed by atoms with Gasteiger partial charge in [0.25, 0.3) is 0 Å². The van der Waals surface area contributed by atoms with Gasteiger partial charge in [-0.15, -0.1) is 0 Å². The number of benzene rings is 2. The van der Waals surface area contributed by atoms with Gasteiger partial charge in [0.15, 0.2) is 0 Å². The first kappa shape index (κ1) is 14.1. The number of pyridine rings is 1. The van der Waals surface area contributed by atoms with Crippen LogP contribution in [0, 0.1) is 17.0 Å². The van der Waals surface area contributed by atoms with Crippen LogP contribution in [0.2, 0.25) is 0 Å². The number of methoxy groups -OCH3 is 2. The van der Waals surface area contributed by atoms with Gasteiger partial charge in [-0.3, -0.25) is 15.1 Å². The number of nitro benzene ring substituents is 1. The molecule has 1 heterocycles. The molecule has 0 fully saturated rings. The number of rotatable bonds is 3. The molecule has 0 atom stereocenters. The first-order chi connectivity index (χ1) is 10.6. The monoisotopic (exact) mass is 298 g/mol. The van der Waals surface area contributed by atoms with Crippen LogP contribution in [0.25, 0.3) is 21.7 Å². The highest BCUT2D eigenvalue weighted by Crippen LogP contribution is 2.44. The molecule has 22 heavy (non-hydrogen) atoms. The van der Waals surface area contributed by atoms with E-state index in [-0.39, 0.29) is 11.4 Å². The Hall–Kier alpha value is -2.89. The summed E-state index contributed by atoms with van der Waals surface area (Å²) in [6, 6.07) is 7.13. The minimum Gasteiger partial charge on any atom is -0.497 e. The van der Waals surface area contributed by atoms with Gasteiger partial charge < -0.3 is 9.47 Å².